The molecule has 0 bridgehead atoms. The molecule has 0 spiro atoms. The van der Waals surface area contributed by atoms with Gasteiger partial charge in [0.05, 0.1) is 12.6 Å². The average Bonchev–Trinajstić information content (AvgIpc) is 2.20. The molecule has 1 fully saturated rings. The summed E-state index contributed by atoms with van der Waals surface area (Å²) in [5.74, 6) is -0.229. The zero-order valence-corrected chi connectivity index (χ0v) is 8.84. The van der Waals surface area contributed by atoms with Gasteiger partial charge < -0.3 is 25.0 Å². The van der Waals surface area contributed by atoms with Crippen LogP contribution in [0.4, 0.5) is 0 Å². The number of nitrogens with one attached hydrogen (secondary N) is 1. The number of carbonyl (C=O) groups excluding carboxylic acids is 1. The molecule has 1 aliphatic heterocycles. The lowest BCUT2D eigenvalue weighted by Gasteiger charge is -2.38. The lowest BCUT2D eigenvalue weighted by molar-refractivity contribution is -0.227. The summed E-state index contributed by atoms with van der Waals surface area (Å²) in [5.41, 5.74) is 0. The quantitative estimate of drug-likeness (QED) is 0.543. The molecule has 4 atom stereocenters. The molecule has 0 aromatic rings. The maximum absolute atomic E-state index is 10.9. The van der Waals surface area contributed by atoms with Gasteiger partial charge in [-0.15, -0.1) is 0 Å². The second-order valence-electron chi connectivity index (χ2n) is 3.56. The number of ether oxygens (including phenoxy) is 2. The van der Waals surface area contributed by atoms with Crippen molar-refractivity contribution in [1.82, 2.24) is 5.32 Å². The van der Waals surface area contributed by atoms with Gasteiger partial charge in [-0.2, -0.15) is 0 Å². The van der Waals surface area contributed by atoms with Gasteiger partial charge in [0, 0.05) is 20.5 Å². The van der Waals surface area contributed by atoms with Crippen molar-refractivity contribution in [3.05, 3.63) is 0 Å². The largest absolute Gasteiger partial charge is 0.394 e. The summed E-state index contributed by atoms with van der Waals surface area (Å²) < 4.78 is 10.2. The molecule has 6 nitrogen and oxygen atoms in total. The van der Waals surface area contributed by atoms with E-state index in [9.17, 15) is 9.90 Å². The average molecular weight is 219 g/mol. The first kappa shape index (κ1) is 12.4. The van der Waals surface area contributed by atoms with Crippen LogP contribution in [0.25, 0.3) is 0 Å². The summed E-state index contributed by atoms with van der Waals surface area (Å²) in [5, 5.41) is 21.3. The summed E-state index contributed by atoms with van der Waals surface area (Å²) in [6, 6.07) is -0.446. The maximum Gasteiger partial charge on any atom is 0.217 e. The van der Waals surface area contributed by atoms with Crippen molar-refractivity contribution < 1.29 is 24.5 Å². The Morgan fingerprint density at radius 2 is 2.33 bits per heavy atom. The standard InChI is InChI=1S/C9H17NO5/c1-5(12)10-6-3-8(14-2)15-7(4-11)9(6)13/h6-9,11,13H,3-4H2,1-2H3,(H,10,12)/t6-,7+,8-,9-/m0/s1. The first-order valence-corrected chi connectivity index (χ1v) is 4.82. The number of aliphatic hydroxyl groups excluding tert-OH is 2. The molecule has 0 aromatic heterocycles. The zero-order valence-electron chi connectivity index (χ0n) is 8.84. The monoisotopic (exact) mass is 219 g/mol. The Hall–Kier alpha value is -0.690. The molecule has 1 saturated heterocycles. The molecular weight excluding hydrogens is 202 g/mol. The van der Waals surface area contributed by atoms with E-state index < -0.39 is 24.5 Å². The highest BCUT2D eigenvalue weighted by Crippen LogP contribution is 2.20. The zero-order chi connectivity index (χ0) is 11.4. The molecule has 0 radical (unpaired) electrons. The predicted molar refractivity (Wildman–Crippen MR) is 51.0 cm³/mol. The molecule has 0 saturated carbocycles. The number of amides is 1. The van der Waals surface area contributed by atoms with E-state index in [0.717, 1.165) is 0 Å². The third-order valence-corrected chi connectivity index (χ3v) is 2.40. The molecule has 1 amide bonds. The Balaban J connectivity index is 2.63. The third-order valence-electron chi connectivity index (χ3n) is 2.40. The minimum atomic E-state index is -0.912. The topological polar surface area (TPSA) is 88.0 Å². The fraction of sp³-hybridized carbons (Fsp3) is 0.889. The number of aliphatic hydroxyl groups is 2. The minimum absolute atomic E-state index is 0.229. The molecule has 15 heavy (non-hydrogen) atoms. The van der Waals surface area contributed by atoms with Crippen LogP contribution in [0.15, 0.2) is 0 Å². The normalized spacial score (nSPS) is 36.3. The summed E-state index contributed by atoms with van der Waals surface area (Å²) >= 11 is 0. The Bertz CT molecular complexity index is 223. The van der Waals surface area contributed by atoms with Gasteiger partial charge in [0.15, 0.2) is 6.29 Å². The molecule has 3 N–H and O–H groups in total. The Morgan fingerprint density at radius 3 is 2.80 bits per heavy atom. The van der Waals surface area contributed by atoms with E-state index in [-0.39, 0.29) is 12.5 Å². The molecule has 1 rings (SSSR count). The fourth-order valence-corrected chi connectivity index (χ4v) is 1.65. The molecule has 0 unspecified atom stereocenters. The van der Waals surface area contributed by atoms with E-state index in [1.807, 2.05) is 0 Å². The van der Waals surface area contributed by atoms with Gasteiger partial charge in [0.2, 0.25) is 5.91 Å². The summed E-state index contributed by atoms with van der Waals surface area (Å²) in [6.45, 7) is 1.06. The van der Waals surface area contributed by atoms with Gasteiger partial charge in [-0.1, -0.05) is 0 Å². The first-order chi connectivity index (χ1) is 7.08. The van der Waals surface area contributed by atoms with Gasteiger partial charge in [0.25, 0.3) is 0 Å². The van der Waals surface area contributed by atoms with Crippen LogP contribution in [0.2, 0.25) is 0 Å². The predicted octanol–water partition coefficient (Wildman–Crippen LogP) is -1.39. The van der Waals surface area contributed by atoms with E-state index in [0.29, 0.717) is 6.42 Å². The second-order valence-corrected chi connectivity index (χ2v) is 3.56. The van der Waals surface area contributed by atoms with Crippen LogP contribution in [0, 0.1) is 0 Å². The van der Waals surface area contributed by atoms with Crippen molar-refractivity contribution in [2.45, 2.75) is 37.9 Å². The van der Waals surface area contributed by atoms with Gasteiger partial charge in [0.1, 0.15) is 12.2 Å². The van der Waals surface area contributed by atoms with Crippen LogP contribution in [0.1, 0.15) is 13.3 Å². The van der Waals surface area contributed by atoms with Crippen molar-refractivity contribution >= 4 is 5.91 Å². The minimum Gasteiger partial charge on any atom is -0.394 e. The van der Waals surface area contributed by atoms with Crippen LogP contribution >= 0.6 is 0 Å². The van der Waals surface area contributed by atoms with Crippen molar-refractivity contribution in [2.24, 2.45) is 0 Å². The summed E-state index contributed by atoms with van der Waals surface area (Å²) in [4.78, 5) is 10.9. The van der Waals surface area contributed by atoms with Crippen LogP contribution in [0.5, 0.6) is 0 Å². The van der Waals surface area contributed by atoms with E-state index >= 15 is 0 Å². The first-order valence-electron chi connectivity index (χ1n) is 4.82. The molecule has 6 heteroatoms. The molecule has 1 aliphatic rings. The van der Waals surface area contributed by atoms with E-state index in [2.05, 4.69) is 5.32 Å². The molecule has 88 valence electrons. The van der Waals surface area contributed by atoms with Gasteiger partial charge in [-0.3, -0.25) is 4.79 Å². The Kier molecular flexibility index (Phi) is 4.46. The van der Waals surface area contributed by atoms with Crippen LogP contribution in [0.3, 0.4) is 0 Å². The number of carbonyl (C=O) groups is 1. The van der Waals surface area contributed by atoms with Crippen molar-refractivity contribution in [1.29, 1.82) is 0 Å². The molecule has 0 aromatic carbocycles. The lowest BCUT2D eigenvalue weighted by Crippen LogP contribution is -2.56. The van der Waals surface area contributed by atoms with Gasteiger partial charge >= 0.3 is 0 Å². The lowest BCUT2D eigenvalue weighted by atomic mass is 9.99. The molecule has 1 heterocycles. The van der Waals surface area contributed by atoms with Crippen LogP contribution in [-0.4, -0.2) is 54.4 Å². The SMILES string of the molecule is CO[C@@H]1C[C@H](NC(C)=O)[C@H](O)[C@@H](CO)O1. The molecular formula is C9H17NO5. The Morgan fingerprint density at radius 1 is 1.67 bits per heavy atom. The van der Waals surface area contributed by atoms with Crippen LogP contribution in [-0.2, 0) is 14.3 Å². The third kappa shape index (κ3) is 3.13. The highest BCUT2D eigenvalue weighted by molar-refractivity contribution is 5.73. The van der Waals surface area contributed by atoms with Crippen molar-refractivity contribution in [3.8, 4) is 0 Å². The highest BCUT2D eigenvalue weighted by atomic mass is 16.7. The Labute approximate surface area is 88.2 Å². The van der Waals surface area contributed by atoms with Crippen LogP contribution < -0.4 is 5.32 Å². The van der Waals surface area contributed by atoms with Gasteiger partial charge in [-0.25, -0.2) is 0 Å². The van der Waals surface area contributed by atoms with E-state index in [1.165, 1.54) is 14.0 Å². The van der Waals surface area contributed by atoms with Crippen molar-refractivity contribution in [3.63, 3.8) is 0 Å². The van der Waals surface area contributed by atoms with E-state index in [1.54, 1.807) is 0 Å². The molecule has 0 aliphatic carbocycles. The summed E-state index contributed by atoms with van der Waals surface area (Å²) in [6.07, 6.45) is -1.78. The highest BCUT2D eigenvalue weighted by Gasteiger charge is 2.37. The maximum atomic E-state index is 10.9. The van der Waals surface area contributed by atoms with Gasteiger partial charge in [-0.05, 0) is 0 Å². The van der Waals surface area contributed by atoms with Crippen molar-refractivity contribution in [2.75, 3.05) is 13.7 Å². The second kappa shape index (κ2) is 5.41. The summed E-state index contributed by atoms with van der Waals surface area (Å²) in [7, 11) is 1.47. The van der Waals surface area contributed by atoms with E-state index in [4.69, 9.17) is 14.6 Å². The smallest absolute Gasteiger partial charge is 0.217 e. The fourth-order valence-electron chi connectivity index (χ4n) is 1.65. The number of rotatable bonds is 3. The number of hydrogen-bond acceptors (Lipinski definition) is 5. The number of hydrogen-bond donors (Lipinski definition) is 3. The number of methoxy groups -OCH3 is 1.